The number of hydrogen-bond donors (Lipinski definition) is 0. The van der Waals surface area contributed by atoms with Crippen molar-refractivity contribution in [2.24, 2.45) is 29.1 Å². The van der Waals surface area contributed by atoms with E-state index < -0.39 is 22.4 Å². The molecule has 0 aromatic rings. The molecule has 0 N–H and O–H groups in total. The number of hydrogen-bond acceptors (Lipinski definition) is 4. The summed E-state index contributed by atoms with van der Waals surface area (Å²) in [5.41, 5.74) is 0.0854. The van der Waals surface area contributed by atoms with Crippen LogP contribution in [0.5, 0.6) is 0 Å². The second kappa shape index (κ2) is 11.9. The van der Waals surface area contributed by atoms with Crippen molar-refractivity contribution < 1.29 is 18.3 Å². The van der Waals surface area contributed by atoms with Gasteiger partial charge < -0.3 is 18.3 Å². The summed E-state index contributed by atoms with van der Waals surface area (Å²) in [5.74, 6) is 7.74. The molecule has 230 valence electrons. The van der Waals surface area contributed by atoms with Gasteiger partial charge >= 0.3 is 0 Å². The molecule has 2 aliphatic carbocycles. The van der Waals surface area contributed by atoms with Crippen molar-refractivity contribution in [2.75, 3.05) is 13.2 Å². The first-order valence-electron chi connectivity index (χ1n) is 15.8. The molecule has 2 saturated carbocycles. The maximum absolute atomic E-state index is 7.19. The Labute approximate surface area is 250 Å². The van der Waals surface area contributed by atoms with Gasteiger partial charge in [0.05, 0.1) is 25.4 Å². The third-order valence-corrected chi connectivity index (χ3v) is 19.8. The molecular weight excluding hydrogens is 529 g/mol. The summed E-state index contributed by atoms with van der Waals surface area (Å²) in [6.45, 7) is 33.8. The Bertz CT molecular complexity index is 949. The van der Waals surface area contributed by atoms with Crippen LogP contribution >= 0.6 is 0 Å². The van der Waals surface area contributed by atoms with Crippen LogP contribution in [-0.4, -0.2) is 47.8 Å². The van der Waals surface area contributed by atoms with E-state index in [9.17, 15) is 0 Å². The molecule has 6 atom stereocenters. The molecule has 0 amide bonds. The molecule has 4 nitrogen and oxygen atoms in total. The van der Waals surface area contributed by atoms with Gasteiger partial charge in [0.2, 0.25) is 0 Å². The molecule has 1 saturated heterocycles. The SMILES string of the molecule is CC#CC[C@H](C)[C@@H](/C=C/[C@@H]1[C@H]2CC3(C[C@H]2C[C@H]1O[Si](C)(C)C(C)(C)C)OCC(C)(C)CO3)O[Si](C)(C)C(C)(C)C. The lowest BCUT2D eigenvalue weighted by Crippen LogP contribution is -2.48. The normalized spacial score (nSPS) is 30.2. The van der Waals surface area contributed by atoms with Crippen LogP contribution in [0.1, 0.15) is 94.9 Å². The van der Waals surface area contributed by atoms with E-state index in [0.29, 0.717) is 23.7 Å². The van der Waals surface area contributed by atoms with E-state index in [0.717, 1.165) is 38.9 Å². The largest absolute Gasteiger partial charge is 0.413 e. The van der Waals surface area contributed by atoms with Crippen LogP contribution < -0.4 is 0 Å². The lowest BCUT2D eigenvalue weighted by molar-refractivity contribution is -0.298. The minimum absolute atomic E-state index is 0.0488. The van der Waals surface area contributed by atoms with Crippen molar-refractivity contribution in [1.29, 1.82) is 0 Å². The number of ether oxygens (including phenoxy) is 2. The Morgan fingerprint density at radius 1 is 0.950 bits per heavy atom. The molecule has 1 aliphatic heterocycles. The molecule has 1 heterocycles. The molecule has 6 heteroatoms. The molecule has 40 heavy (non-hydrogen) atoms. The highest BCUT2D eigenvalue weighted by atomic mass is 28.4. The molecule has 0 aromatic carbocycles. The first-order valence-corrected chi connectivity index (χ1v) is 21.7. The highest BCUT2D eigenvalue weighted by Gasteiger charge is 2.58. The minimum atomic E-state index is -1.96. The van der Waals surface area contributed by atoms with E-state index in [4.69, 9.17) is 18.3 Å². The summed E-state index contributed by atoms with van der Waals surface area (Å²) >= 11 is 0. The highest BCUT2D eigenvalue weighted by Crippen LogP contribution is 2.57. The topological polar surface area (TPSA) is 36.9 Å². The molecule has 3 aliphatic rings. The third kappa shape index (κ3) is 7.74. The third-order valence-electron chi connectivity index (χ3n) is 10.8. The summed E-state index contributed by atoms with van der Waals surface area (Å²) in [7, 11) is -3.89. The van der Waals surface area contributed by atoms with Crippen molar-refractivity contribution in [3.8, 4) is 11.8 Å². The van der Waals surface area contributed by atoms with Crippen LogP contribution in [0.25, 0.3) is 0 Å². The zero-order valence-corrected chi connectivity index (χ0v) is 30.5. The molecule has 1 spiro atoms. The molecule has 0 bridgehead atoms. The fraction of sp³-hybridized carbons (Fsp3) is 0.882. The van der Waals surface area contributed by atoms with Gasteiger partial charge in [-0.25, -0.2) is 0 Å². The quantitative estimate of drug-likeness (QED) is 0.160. The van der Waals surface area contributed by atoms with Crippen molar-refractivity contribution in [3.05, 3.63) is 12.2 Å². The van der Waals surface area contributed by atoms with Gasteiger partial charge in [-0.15, -0.1) is 11.8 Å². The lowest BCUT2D eigenvalue weighted by Gasteiger charge is -2.43. The van der Waals surface area contributed by atoms with Gasteiger partial charge in [-0.2, -0.15) is 0 Å². The zero-order chi connectivity index (χ0) is 30.4. The van der Waals surface area contributed by atoms with E-state index in [-0.39, 0.29) is 27.7 Å². The monoisotopic (exact) mass is 590 g/mol. The standard InChI is InChI=1S/C34H62O4Si2/c1-15-16-17-25(2)29(37-39(11,12)31(3,4)5)19-18-27-28-22-34(35-23-33(9,10)24-36-34)21-26(28)20-30(27)38-40(13,14)32(6,7)8/h18-19,25-30H,17,20-24H2,1-14H3/b19-18+/t25-,26+,27+,28-,29+,30+/m0/s1. The summed E-state index contributed by atoms with van der Waals surface area (Å²) in [6, 6.07) is 0. The van der Waals surface area contributed by atoms with Gasteiger partial charge in [-0.1, -0.05) is 74.5 Å². The van der Waals surface area contributed by atoms with Crippen molar-refractivity contribution >= 4 is 16.6 Å². The van der Waals surface area contributed by atoms with Gasteiger partial charge in [-0.3, -0.25) is 0 Å². The van der Waals surface area contributed by atoms with E-state index in [1.54, 1.807) is 0 Å². The fourth-order valence-corrected chi connectivity index (χ4v) is 8.71. The number of rotatable bonds is 8. The molecule has 0 radical (unpaired) electrons. The Kier molecular flexibility index (Phi) is 10.2. The van der Waals surface area contributed by atoms with Gasteiger partial charge in [0.1, 0.15) is 0 Å². The Balaban J connectivity index is 1.91. The second-order valence-corrected chi connectivity index (χ2v) is 26.6. The van der Waals surface area contributed by atoms with E-state index in [2.05, 4.69) is 112 Å². The Morgan fingerprint density at radius 3 is 2.05 bits per heavy atom. The smallest absolute Gasteiger partial charge is 0.192 e. The van der Waals surface area contributed by atoms with Crippen LogP contribution in [0.15, 0.2) is 12.2 Å². The van der Waals surface area contributed by atoms with Gasteiger partial charge in [-0.05, 0) is 67.4 Å². The van der Waals surface area contributed by atoms with Gasteiger partial charge in [0.15, 0.2) is 22.4 Å². The van der Waals surface area contributed by atoms with E-state index in [1.165, 1.54) is 0 Å². The maximum Gasteiger partial charge on any atom is 0.192 e. The van der Waals surface area contributed by atoms with Crippen LogP contribution in [0.4, 0.5) is 0 Å². The minimum Gasteiger partial charge on any atom is -0.413 e. The van der Waals surface area contributed by atoms with Crippen molar-refractivity contribution in [1.82, 2.24) is 0 Å². The average Bonchev–Trinajstić information content (AvgIpc) is 3.29. The molecule has 3 rings (SSSR count). The van der Waals surface area contributed by atoms with E-state index in [1.807, 2.05) is 6.92 Å². The molecular formula is C34H62O4Si2. The predicted molar refractivity (Wildman–Crippen MR) is 173 cm³/mol. The van der Waals surface area contributed by atoms with Crippen LogP contribution in [-0.2, 0) is 18.3 Å². The predicted octanol–water partition coefficient (Wildman–Crippen LogP) is 9.19. The zero-order valence-electron chi connectivity index (χ0n) is 28.5. The maximum atomic E-state index is 7.19. The average molecular weight is 591 g/mol. The lowest BCUT2D eigenvalue weighted by atomic mass is 9.89. The van der Waals surface area contributed by atoms with Crippen LogP contribution in [0.2, 0.25) is 36.3 Å². The first-order chi connectivity index (χ1) is 18.1. The van der Waals surface area contributed by atoms with Crippen molar-refractivity contribution in [2.45, 2.75) is 149 Å². The summed E-state index contributed by atoms with van der Waals surface area (Å²) in [6.07, 6.45) is 9.06. The van der Waals surface area contributed by atoms with Crippen molar-refractivity contribution in [3.63, 3.8) is 0 Å². The summed E-state index contributed by atoms with van der Waals surface area (Å²) in [4.78, 5) is 0. The molecule has 0 unspecified atom stereocenters. The van der Waals surface area contributed by atoms with Crippen LogP contribution in [0.3, 0.4) is 0 Å². The summed E-state index contributed by atoms with van der Waals surface area (Å²) in [5, 5.41) is 0.339. The van der Waals surface area contributed by atoms with Gasteiger partial charge in [0, 0.05) is 30.6 Å². The summed E-state index contributed by atoms with van der Waals surface area (Å²) < 4.78 is 27.3. The molecule has 3 fully saturated rings. The van der Waals surface area contributed by atoms with E-state index >= 15 is 0 Å². The number of fused-ring (bicyclic) bond motifs is 1. The second-order valence-electron chi connectivity index (χ2n) is 17.0. The highest BCUT2D eigenvalue weighted by molar-refractivity contribution is 6.74. The van der Waals surface area contributed by atoms with Crippen LogP contribution in [0, 0.1) is 40.9 Å². The first kappa shape index (κ1) is 34.1. The fourth-order valence-electron chi connectivity index (χ4n) is 6.00. The Hall–Kier alpha value is -0.426. The molecule has 0 aromatic heterocycles. The van der Waals surface area contributed by atoms with Gasteiger partial charge in [0.25, 0.3) is 0 Å². The Morgan fingerprint density at radius 2 is 1.52 bits per heavy atom.